The second-order valence-corrected chi connectivity index (χ2v) is 6.41. The van der Waals surface area contributed by atoms with Crippen molar-refractivity contribution in [3.8, 4) is 0 Å². The molecule has 0 fully saturated rings. The average molecular weight is 354 g/mol. The van der Waals surface area contributed by atoms with Crippen LogP contribution in [-0.2, 0) is 16.8 Å². The fourth-order valence-corrected chi connectivity index (χ4v) is 2.28. The number of aryl methyl sites for hydroxylation is 1. The molecule has 0 saturated heterocycles. The summed E-state index contributed by atoms with van der Waals surface area (Å²) >= 11 is 0. The number of rotatable bonds is 10. The molecular weight excluding hydrogens is 323 g/mol. The van der Waals surface area contributed by atoms with Crippen molar-refractivity contribution < 1.29 is 17.5 Å². The van der Waals surface area contributed by atoms with E-state index in [0.717, 1.165) is 0 Å². The van der Waals surface area contributed by atoms with Crippen LogP contribution in [-0.4, -0.2) is 47.1 Å². The minimum absolute atomic E-state index is 0. The molecule has 1 rings (SSSR count). The Morgan fingerprint density at radius 1 is 0.783 bits per heavy atom. The summed E-state index contributed by atoms with van der Waals surface area (Å²) in [5.74, 6) is 0. The zero-order valence-electron chi connectivity index (χ0n) is 13.6. The van der Waals surface area contributed by atoms with Gasteiger partial charge in [0.25, 0.3) is 0 Å². The van der Waals surface area contributed by atoms with Crippen molar-refractivity contribution in [3.63, 3.8) is 0 Å². The van der Waals surface area contributed by atoms with Crippen molar-refractivity contribution in [2.75, 3.05) is 0 Å². The van der Waals surface area contributed by atoms with E-state index in [9.17, 15) is 0 Å². The molecule has 1 aromatic rings. The molecule has 6 heteroatoms. The van der Waals surface area contributed by atoms with E-state index in [1.54, 1.807) is 0 Å². The molecule has 0 saturated carbocycles. The summed E-state index contributed by atoms with van der Waals surface area (Å²) in [5, 5.41) is 0. The van der Waals surface area contributed by atoms with E-state index in [0.29, 0.717) is 0 Å². The van der Waals surface area contributed by atoms with Gasteiger partial charge < -0.3 is 0 Å². The third-order valence-corrected chi connectivity index (χ3v) is 3.41. The summed E-state index contributed by atoms with van der Waals surface area (Å²) in [6.45, 7) is 2.28. The summed E-state index contributed by atoms with van der Waals surface area (Å²) in [7, 11) is -4.67. The average Bonchev–Trinajstić information content (AvgIpc) is 2.45. The Labute approximate surface area is 163 Å². The molecule has 1 aromatic carbocycles. The number of unbranched alkanes of at least 4 members (excludes halogenated alkanes) is 8. The quantitative estimate of drug-likeness (QED) is 0.369. The molecule has 0 bridgehead atoms. The Balaban J connectivity index is 0. The van der Waals surface area contributed by atoms with E-state index in [2.05, 4.69) is 37.3 Å². The topological polar surface area (TPSA) is 74.6 Å². The molecule has 2 N–H and O–H groups in total. The molecule has 23 heavy (non-hydrogen) atoms. The Bertz CT molecular complexity index is 441. The number of benzene rings is 1. The van der Waals surface area contributed by atoms with Gasteiger partial charge in [0.2, 0.25) is 0 Å². The normalized spacial score (nSPS) is 10.4. The van der Waals surface area contributed by atoms with Crippen molar-refractivity contribution >= 4 is 40.0 Å². The van der Waals surface area contributed by atoms with Gasteiger partial charge in [0.1, 0.15) is 0 Å². The Kier molecular flexibility index (Phi) is 18.6. The van der Waals surface area contributed by atoms with E-state index in [4.69, 9.17) is 17.5 Å². The maximum absolute atomic E-state index is 8.74. The van der Waals surface area contributed by atoms with Gasteiger partial charge in [-0.3, -0.25) is 9.11 Å². The first-order chi connectivity index (χ1) is 10.4. The second kappa shape index (κ2) is 16.9. The summed E-state index contributed by atoms with van der Waals surface area (Å²) in [4.78, 5) is 0. The second-order valence-electron chi connectivity index (χ2n) is 5.51. The van der Waals surface area contributed by atoms with Gasteiger partial charge in [0.15, 0.2) is 0 Å². The zero-order valence-corrected chi connectivity index (χ0v) is 14.4. The number of hydrogen-bond acceptors (Lipinski definition) is 2. The van der Waals surface area contributed by atoms with Crippen LogP contribution in [0, 0.1) is 0 Å². The third kappa shape index (κ3) is 24.5. The van der Waals surface area contributed by atoms with E-state index in [1.807, 2.05) is 0 Å². The molecule has 0 unspecified atom stereocenters. The van der Waals surface area contributed by atoms with Crippen LogP contribution in [0.3, 0.4) is 0 Å². The van der Waals surface area contributed by atoms with Crippen molar-refractivity contribution in [3.05, 3.63) is 35.9 Å². The molecule has 4 nitrogen and oxygen atoms in total. The molecule has 0 amide bonds. The van der Waals surface area contributed by atoms with Gasteiger partial charge in [-0.25, -0.2) is 0 Å². The predicted molar refractivity (Wildman–Crippen MR) is 98.7 cm³/mol. The van der Waals surface area contributed by atoms with Crippen molar-refractivity contribution in [1.82, 2.24) is 0 Å². The summed E-state index contributed by atoms with van der Waals surface area (Å²) in [5.41, 5.74) is 1.50. The van der Waals surface area contributed by atoms with E-state index >= 15 is 0 Å². The van der Waals surface area contributed by atoms with E-state index < -0.39 is 10.4 Å². The molecule has 0 atom stereocenters. The molecular formula is C17H31NaO4S. The van der Waals surface area contributed by atoms with Crippen LogP contribution in [0.5, 0.6) is 0 Å². The van der Waals surface area contributed by atoms with Gasteiger partial charge in [-0.2, -0.15) is 8.42 Å². The van der Waals surface area contributed by atoms with E-state index in [1.165, 1.54) is 69.8 Å². The first kappa shape index (κ1) is 25.3. The van der Waals surface area contributed by atoms with Gasteiger partial charge in [-0.05, 0) is 18.4 Å². The molecule has 0 aliphatic rings. The fraction of sp³-hybridized carbons (Fsp3) is 0.647. The van der Waals surface area contributed by atoms with Crippen LogP contribution >= 0.6 is 0 Å². The molecule has 0 spiro atoms. The van der Waals surface area contributed by atoms with Crippen molar-refractivity contribution in [2.24, 2.45) is 0 Å². The predicted octanol–water partition coefficient (Wildman–Crippen LogP) is 4.46. The summed E-state index contributed by atoms with van der Waals surface area (Å²) in [6, 6.07) is 10.9. The molecule has 0 aliphatic carbocycles. The fourth-order valence-electron chi connectivity index (χ4n) is 2.28. The molecule has 0 aromatic heterocycles. The maximum atomic E-state index is 8.74. The van der Waals surface area contributed by atoms with Gasteiger partial charge in [0, 0.05) is 0 Å². The monoisotopic (exact) mass is 354 g/mol. The zero-order chi connectivity index (χ0) is 16.7. The van der Waals surface area contributed by atoms with Crippen LogP contribution in [0.2, 0.25) is 0 Å². The summed E-state index contributed by atoms with van der Waals surface area (Å²) in [6.07, 6.45) is 14.0. The first-order valence-electron chi connectivity index (χ1n) is 8.17. The van der Waals surface area contributed by atoms with Crippen LogP contribution in [0.4, 0.5) is 0 Å². The molecule has 130 valence electrons. The Hall–Kier alpha value is 0.0900. The standard InChI is InChI=1S/C17H28.Na.H2O4S.H/c1-2-3-4-5-6-7-8-9-11-14-17-15-12-10-13-16-17;;1-5(2,3)4;/h10,12-13,15-16H,2-9,11,14H2,1H3;;(H2,1,2,3,4);. The van der Waals surface area contributed by atoms with Crippen LogP contribution in [0.15, 0.2) is 30.3 Å². The third-order valence-electron chi connectivity index (χ3n) is 3.41. The van der Waals surface area contributed by atoms with Crippen molar-refractivity contribution in [1.29, 1.82) is 0 Å². The van der Waals surface area contributed by atoms with Gasteiger partial charge in [-0.1, -0.05) is 88.6 Å². The van der Waals surface area contributed by atoms with Gasteiger partial charge in [0.05, 0.1) is 0 Å². The first-order valence-corrected chi connectivity index (χ1v) is 9.57. The summed E-state index contributed by atoms with van der Waals surface area (Å²) < 4.78 is 31.6. The van der Waals surface area contributed by atoms with Crippen LogP contribution in [0.25, 0.3) is 0 Å². The van der Waals surface area contributed by atoms with Gasteiger partial charge >= 0.3 is 40.0 Å². The van der Waals surface area contributed by atoms with Crippen LogP contribution < -0.4 is 0 Å². The molecule has 0 heterocycles. The van der Waals surface area contributed by atoms with Gasteiger partial charge in [-0.15, -0.1) is 0 Å². The van der Waals surface area contributed by atoms with E-state index in [-0.39, 0.29) is 29.6 Å². The molecule has 0 aliphatic heterocycles. The Morgan fingerprint density at radius 2 is 1.17 bits per heavy atom. The SMILES string of the molecule is CCCCCCCCCCCc1ccccc1.O=S(=O)(O)O.[NaH]. The molecule has 0 radical (unpaired) electrons. The minimum atomic E-state index is -4.67. The Morgan fingerprint density at radius 3 is 1.61 bits per heavy atom. The van der Waals surface area contributed by atoms with Crippen molar-refractivity contribution in [2.45, 2.75) is 71.1 Å². The number of hydrogen-bond donors (Lipinski definition) is 2. The van der Waals surface area contributed by atoms with Crippen LogP contribution in [0.1, 0.15) is 70.3 Å².